The van der Waals surface area contributed by atoms with Crippen LogP contribution >= 0.6 is 0 Å². The van der Waals surface area contributed by atoms with Crippen molar-refractivity contribution in [2.24, 2.45) is 12.8 Å². The zero-order chi connectivity index (χ0) is 14.7. The van der Waals surface area contributed by atoms with Crippen LogP contribution in [0.4, 0.5) is 0 Å². The second kappa shape index (κ2) is 6.15. The van der Waals surface area contributed by atoms with Gasteiger partial charge in [0.15, 0.2) is 5.82 Å². The largest absolute Gasteiger partial charge is 0.332 e. The van der Waals surface area contributed by atoms with Crippen LogP contribution < -0.4 is 5.73 Å². The summed E-state index contributed by atoms with van der Waals surface area (Å²) in [6.45, 7) is 8.77. The highest BCUT2D eigenvalue weighted by molar-refractivity contribution is 5.47. The highest BCUT2D eigenvalue weighted by Gasteiger charge is 2.19. The maximum absolute atomic E-state index is 6.13. The van der Waals surface area contributed by atoms with E-state index in [9.17, 15) is 0 Å². The van der Waals surface area contributed by atoms with Crippen LogP contribution in [-0.4, -0.2) is 44.5 Å². The lowest BCUT2D eigenvalue weighted by molar-refractivity contribution is 0.278. The molecule has 0 amide bonds. The van der Waals surface area contributed by atoms with Gasteiger partial charge in [-0.05, 0) is 26.1 Å². The van der Waals surface area contributed by atoms with Gasteiger partial charge in [-0.1, -0.05) is 19.0 Å². The maximum Gasteiger partial charge on any atom is 0.276 e. The fourth-order valence-corrected chi connectivity index (χ4v) is 2.14. The summed E-state index contributed by atoms with van der Waals surface area (Å²) in [5.41, 5.74) is 7.85. The van der Waals surface area contributed by atoms with Crippen LogP contribution in [0.5, 0.6) is 0 Å². The van der Waals surface area contributed by atoms with Crippen LogP contribution in [0.2, 0.25) is 0 Å². The minimum Gasteiger partial charge on any atom is -0.332 e. The average molecular weight is 278 g/mol. The van der Waals surface area contributed by atoms with Crippen molar-refractivity contribution >= 4 is 0 Å². The smallest absolute Gasteiger partial charge is 0.276 e. The van der Waals surface area contributed by atoms with Gasteiger partial charge < -0.3 is 15.2 Å². The van der Waals surface area contributed by atoms with Crippen LogP contribution in [0, 0.1) is 6.92 Å². The fraction of sp³-hybridized carbons (Fsp3) is 0.615. The summed E-state index contributed by atoms with van der Waals surface area (Å²) in [5.74, 6) is 0.990. The van der Waals surface area contributed by atoms with Gasteiger partial charge in [0.05, 0.1) is 11.7 Å². The highest BCUT2D eigenvalue weighted by atomic mass is 16.5. The first-order chi connectivity index (χ1) is 9.55. The Morgan fingerprint density at radius 1 is 1.40 bits per heavy atom. The van der Waals surface area contributed by atoms with Gasteiger partial charge >= 0.3 is 0 Å². The maximum atomic E-state index is 6.13. The van der Waals surface area contributed by atoms with Crippen molar-refractivity contribution in [2.45, 2.75) is 26.8 Å². The Hall–Kier alpha value is -1.73. The van der Waals surface area contributed by atoms with Gasteiger partial charge in [-0.15, -0.1) is 0 Å². The molecule has 0 aliphatic heterocycles. The van der Waals surface area contributed by atoms with Crippen LogP contribution in [0.1, 0.15) is 31.4 Å². The normalized spacial score (nSPS) is 13.1. The van der Waals surface area contributed by atoms with Gasteiger partial charge in [-0.3, -0.25) is 4.68 Å². The Kier molecular flexibility index (Phi) is 4.51. The Morgan fingerprint density at radius 3 is 2.65 bits per heavy atom. The number of nitrogens with two attached hydrogens (primary N) is 1. The third-order valence-electron chi connectivity index (χ3n) is 3.34. The van der Waals surface area contributed by atoms with Crippen LogP contribution in [-0.2, 0) is 7.05 Å². The van der Waals surface area contributed by atoms with Crippen molar-refractivity contribution in [3.05, 3.63) is 17.6 Å². The first-order valence-electron chi connectivity index (χ1n) is 6.87. The third kappa shape index (κ3) is 3.05. The summed E-state index contributed by atoms with van der Waals surface area (Å²) in [6.07, 6.45) is 0. The molecule has 7 heteroatoms. The molecule has 0 fully saturated rings. The zero-order valence-corrected chi connectivity index (χ0v) is 12.5. The van der Waals surface area contributed by atoms with Gasteiger partial charge in [-0.25, -0.2) is 0 Å². The Morgan fingerprint density at radius 2 is 2.10 bits per heavy atom. The molecule has 2 N–H and O–H groups in total. The van der Waals surface area contributed by atoms with E-state index in [-0.39, 0.29) is 6.04 Å². The van der Waals surface area contributed by atoms with Crippen molar-refractivity contribution in [3.8, 4) is 11.6 Å². The molecule has 1 atom stereocenters. The van der Waals surface area contributed by atoms with E-state index in [0.29, 0.717) is 11.7 Å². The lowest BCUT2D eigenvalue weighted by atomic mass is 10.2. The van der Waals surface area contributed by atoms with Crippen molar-refractivity contribution in [1.82, 2.24) is 24.8 Å². The SMILES string of the molecule is CCN(CC)CC(N)c1noc(-c2cc(C)nn2C)n1. The standard InChI is InChI=1S/C13H22N6O/c1-5-19(6-2)8-10(14)12-15-13(20-17-12)11-7-9(3)16-18(11)4/h7,10H,5-6,8,14H2,1-4H3. The molecule has 2 rings (SSSR count). The molecule has 0 saturated heterocycles. The number of aromatic nitrogens is 4. The monoisotopic (exact) mass is 278 g/mol. The van der Waals surface area contributed by atoms with E-state index < -0.39 is 0 Å². The predicted molar refractivity (Wildman–Crippen MR) is 76.0 cm³/mol. The zero-order valence-electron chi connectivity index (χ0n) is 12.5. The highest BCUT2D eigenvalue weighted by Crippen LogP contribution is 2.19. The van der Waals surface area contributed by atoms with Gasteiger partial charge in [-0.2, -0.15) is 10.1 Å². The summed E-state index contributed by atoms with van der Waals surface area (Å²) in [4.78, 5) is 6.62. The number of hydrogen-bond acceptors (Lipinski definition) is 6. The minimum atomic E-state index is -0.248. The van der Waals surface area contributed by atoms with E-state index in [1.165, 1.54) is 0 Å². The van der Waals surface area contributed by atoms with Gasteiger partial charge in [0.25, 0.3) is 5.89 Å². The Balaban J connectivity index is 2.14. The molecule has 20 heavy (non-hydrogen) atoms. The molecule has 7 nitrogen and oxygen atoms in total. The molecule has 0 aliphatic carbocycles. The van der Waals surface area contributed by atoms with Crippen LogP contribution in [0.15, 0.2) is 10.6 Å². The van der Waals surface area contributed by atoms with Crippen LogP contribution in [0.25, 0.3) is 11.6 Å². The molecule has 2 aromatic rings. The number of nitrogens with zero attached hydrogens (tertiary/aromatic N) is 5. The Bertz CT molecular complexity index is 557. The molecule has 0 radical (unpaired) electrons. The lowest BCUT2D eigenvalue weighted by Gasteiger charge is -2.20. The van der Waals surface area contributed by atoms with E-state index >= 15 is 0 Å². The van der Waals surface area contributed by atoms with E-state index in [1.54, 1.807) is 4.68 Å². The molecule has 110 valence electrons. The first kappa shape index (κ1) is 14.7. The quantitative estimate of drug-likeness (QED) is 0.852. The number of rotatable bonds is 6. The molecule has 0 aliphatic rings. The molecule has 0 bridgehead atoms. The molecule has 0 spiro atoms. The third-order valence-corrected chi connectivity index (χ3v) is 3.34. The second-order valence-corrected chi connectivity index (χ2v) is 4.84. The molecular formula is C13H22N6O. The van der Waals surface area contributed by atoms with E-state index in [1.807, 2.05) is 20.0 Å². The molecule has 0 saturated carbocycles. The Labute approximate surface area is 118 Å². The number of aryl methyl sites for hydroxylation is 2. The molecule has 0 aromatic carbocycles. The summed E-state index contributed by atoms with van der Waals surface area (Å²) in [7, 11) is 1.85. The topological polar surface area (TPSA) is 86.0 Å². The van der Waals surface area contributed by atoms with Crippen LogP contribution in [0.3, 0.4) is 0 Å². The molecule has 1 unspecified atom stereocenters. The van der Waals surface area contributed by atoms with Gasteiger partial charge in [0.1, 0.15) is 5.69 Å². The predicted octanol–water partition coefficient (Wildman–Crippen LogP) is 1.12. The van der Waals surface area contributed by atoms with E-state index in [2.05, 4.69) is 34.0 Å². The number of likely N-dealkylation sites (N-methyl/N-ethyl adjacent to an activating group) is 1. The van der Waals surface area contributed by atoms with Crippen molar-refractivity contribution in [1.29, 1.82) is 0 Å². The van der Waals surface area contributed by atoms with Gasteiger partial charge in [0.2, 0.25) is 0 Å². The fourth-order valence-electron chi connectivity index (χ4n) is 2.14. The average Bonchev–Trinajstić information content (AvgIpc) is 3.02. The summed E-state index contributed by atoms with van der Waals surface area (Å²) in [6, 6.07) is 1.66. The van der Waals surface area contributed by atoms with E-state index in [4.69, 9.17) is 10.3 Å². The van der Waals surface area contributed by atoms with Crippen molar-refractivity contribution in [2.75, 3.05) is 19.6 Å². The number of hydrogen-bond donors (Lipinski definition) is 1. The molecule has 2 heterocycles. The minimum absolute atomic E-state index is 0.248. The molecular weight excluding hydrogens is 256 g/mol. The van der Waals surface area contributed by atoms with Crippen molar-refractivity contribution < 1.29 is 4.52 Å². The summed E-state index contributed by atoms with van der Waals surface area (Å²) < 4.78 is 7.02. The second-order valence-electron chi connectivity index (χ2n) is 4.84. The summed E-state index contributed by atoms with van der Waals surface area (Å²) in [5, 5.41) is 8.25. The first-order valence-corrected chi connectivity index (χ1v) is 6.87. The van der Waals surface area contributed by atoms with Crippen molar-refractivity contribution in [3.63, 3.8) is 0 Å². The lowest BCUT2D eigenvalue weighted by Crippen LogP contribution is -2.32. The van der Waals surface area contributed by atoms with Gasteiger partial charge in [0, 0.05) is 13.6 Å². The van der Waals surface area contributed by atoms with E-state index in [0.717, 1.165) is 31.0 Å². The molecule has 2 aromatic heterocycles. The summed E-state index contributed by atoms with van der Waals surface area (Å²) >= 11 is 0.